The Hall–Kier alpha value is -1.01. The van der Waals surface area contributed by atoms with Gasteiger partial charge in [-0.25, -0.2) is 4.79 Å². The fourth-order valence-electron chi connectivity index (χ4n) is 2.42. The average Bonchev–Trinajstić information content (AvgIpc) is 2.25. The molecule has 0 aromatic carbocycles. The van der Waals surface area contributed by atoms with E-state index < -0.39 is 5.60 Å². The van der Waals surface area contributed by atoms with Crippen molar-refractivity contribution < 1.29 is 14.3 Å². The van der Waals surface area contributed by atoms with E-state index in [9.17, 15) is 9.59 Å². The maximum absolute atomic E-state index is 11.8. The summed E-state index contributed by atoms with van der Waals surface area (Å²) < 4.78 is 5.32. The number of nitrogens with zero attached hydrogens (tertiary/aromatic N) is 3. The molecule has 2 amide bonds. The number of carbonyl (C=O) groups is 2. The molecule has 2 aliphatic heterocycles. The second kappa shape index (κ2) is 5.77. The minimum absolute atomic E-state index is 0.247. The fraction of sp³-hybridized carbons (Fsp3) is 0.846. The summed E-state index contributed by atoms with van der Waals surface area (Å²) >= 11 is 5.46. The fourth-order valence-corrected chi connectivity index (χ4v) is 2.59. The standard InChI is InChI=1S/C13H22ClN3O3/c1-13(2,3)20-12(19)17-8-10(9-17)15-4-6-16(7-5-15)11(14)18/h10H,4-9H2,1-3H3. The lowest BCUT2D eigenvalue weighted by atomic mass is 10.1. The van der Waals surface area contributed by atoms with Crippen LogP contribution in [0.15, 0.2) is 0 Å². The Balaban J connectivity index is 1.72. The molecule has 2 heterocycles. The van der Waals surface area contributed by atoms with Crippen LogP contribution in [0, 0.1) is 0 Å². The third kappa shape index (κ3) is 3.76. The number of likely N-dealkylation sites (tertiary alicyclic amines) is 1. The van der Waals surface area contributed by atoms with Gasteiger partial charge in [0, 0.05) is 45.3 Å². The molecule has 0 radical (unpaired) electrons. The molecule has 0 N–H and O–H groups in total. The molecule has 2 fully saturated rings. The molecule has 2 rings (SSSR count). The van der Waals surface area contributed by atoms with Crippen molar-refractivity contribution in [3.63, 3.8) is 0 Å². The third-order valence-electron chi connectivity index (χ3n) is 3.59. The number of piperazine rings is 1. The minimum Gasteiger partial charge on any atom is -0.444 e. The van der Waals surface area contributed by atoms with Crippen molar-refractivity contribution in [1.82, 2.24) is 14.7 Å². The zero-order chi connectivity index (χ0) is 14.9. The zero-order valence-corrected chi connectivity index (χ0v) is 13.0. The number of halogens is 1. The Kier molecular flexibility index (Phi) is 4.44. The summed E-state index contributed by atoms with van der Waals surface area (Å²) in [5.41, 5.74) is -0.450. The van der Waals surface area contributed by atoms with E-state index >= 15 is 0 Å². The Morgan fingerprint density at radius 3 is 2.05 bits per heavy atom. The molecule has 0 atom stereocenters. The van der Waals surface area contributed by atoms with Gasteiger partial charge in [0.1, 0.15) is 5.60 Å². The van der Waals surface area contributed by atoms with Gasteiger partial charge in [-0.3, -0.25) is 9.69 Å². The van der Waals surface area contributed by atoms with Crippen molar-refractivity contribution >= 4 is 23.1 Å². The second-order valence-corrected chi connectivity index (χ2v) is 6.64. The number of hydrogen-bond donors (Lipinski definition) is 0. The lowest BCUT2D eigenvalue weighted by Crippen LogP contribution is -2.64. The van der Waals surface area contributed by atoms with E-state index in [2.05, 4.69) is 4.90 Å². The Morgan fingerprint density at radius 2 is 1.60 bits per heavy atom. The summed E-state index contributed by atoms with van der Waals surface area (Å²) in [6.45, 7) is 9.93. The summed E-state index contributed by atoms with van der Waals surface area (Å²) in [6, 6.07) is 0.370. The first-order chi connectivity index (χ1) is 9.26. The molecule has 2 aliphatic rings. The van der Waals surface area contributed by atoms with E-state index in [0.29, 0.717) is 32.2 Å². The van der Waals surface area contributed by atoms with E-state index in [-0.39, 0.29) is 11.5 Å². The predicted octanol–water partition coefficient (Wildman–Crippen LogP) is 1.58. The van der Waals surface area contributed by atoms with Crippen LogP contribution in [0.3, 0.4) is 0 Å². The van der Waals surface area contributed by atoms with Crippen molar-refractivity contribution in [2.45, 2.75) is 32.4 Å². The Bertz CT molecular complexity index is 383. The number of rotatable bonds is 1. The maximum atomic E-state index is 11.8. The molecule has 0 saturated carbocycles. The van der Waals surface area contributed by atoms with Gasteiger partial charge in [-0.1, -0.05) is 0 Å². The van der Waals surface area contributed by atoms with Gasteiger partial charge in [0.15, 0.2) is 0 Å². The summed E-state index contributed by atoms with van der Waals surface area (Å²) in [4.78, 5) is 28.5. The highest BCUT2D eigenvalue weighted by Crippen LogP contribution is 2.20. The molecule has 20 heavy (non-hydrogen) atoms. The van der Waals surface area contributed by atoms with Crippen LogP contribution >= 0.6 is 11.6 Å². The summed E-state index contributed by atoms with van der Waals surface area (Å²) in [6.07, 6.45) is -0.247. The molecule has 7 heteroatoms. The van der Waals surface area contributed by atoms with Crippen LogP contribution in [-0.4, -0.2) is 77.1 Å². The van der Waals surface area contributed by atoms with Crippen LogP contribution in [0.25, 0.3) is 0 Å². The van der Waals surface area contributed by atoms with Gasteiger partial charge >= 0.3 is 11.5 Å². The van der Waals surface area contributed by atoms with Gasteiger partial charge in [-0.15, -0.1) is 0 Å². The highest BCUT2D eigenvalue weighted by molar-refractivity contribution is 6.62. The first-order valence-corrected chi connectivity index (χ1v) is 7.30. The molecule has 0 aromatic heterocycles. The normalized spacial score (nSPS) is 21.6. The summed E-state index contributed by atoms with van der Waals surface area (Å²) in [7, 11) is 0. The maximum Gasteiger partial charge on any atom is 0.410 e. The molecule has 2 saturated heterocycles. The predicted molar refractivity (Wildman–Crippen MR) is 76.0 cm³/mol. The highest BCUT2D eigenvalue weighted by Gasteiger charge is 2.38. The van der Waals surface area contributed by atoms with Gasteiger partial charge in [-0.2, -0.15) is 0 Å². The topological polar surface area (TPSA) is 53.1 Å². The van der Waals surface area contributed by atoms with Gasteiger partial charge in [0.25, 0.3) is 0 Å². The van der Waals surface area contributed by atoms with Crippen LogP contribution < -0.4 is 0 Å². The van der Waals surface area contributed by atoms with Gasteiger partial charge in [-0.05, 0) is 32.4 Å². The van der Waals surface area contributed by atoms with Crippen molar-refractivity contribution in [3.05, 3.63) is 0 Å². The number of hydrogen-bond acceptors (Lipinski definition) is 4. The lowest BCUT2D eigenvalue weighted by Gasteiger charge is -2.47. The molecular formula is C13H22ClN3O3. The van der Waals surface area contributed by atoms with Crippen LogP contribution in [-0.2, 0) is 4.74 Å². The van der Waals surface area contributed by atoms with Crippen LogP contribution in [0.2, 0.25) is 0 Å². The average molecular weight is 304 g/mol. The largest absolute Gasteiger partial charge is 0.444 e. The summed E-state index contributed by atoms with van der Waals surface area (Å²) in [5.74, 6) is 0. The van der Waals surface area contributed by atoms with E-state index in [4.69, 9.17) is 16.3 Å². The molecule has 0 bridgehead atoms. The minimum atomic E-state index is -0.450. The Labute approximate surface area is 124 Å². The molecule has 0 aliphatic carbocycles. The quantitative estimate of drug-likeness (QED) is 0.545. The van der Waals surface area contributed by atoms with Gasteiger partial charge in [0.05, 0.1) is 0 Å². The van der Waals surface area contributed by atoms with Crippen molar-refractivity contribution in [2.24, 2.45) is 0 Å². The molecule has 0 unspecified atom stereocenters. The lowest BCUT2D eigenvalue weighted by molar-refractivity contribution is -0.0216. The molecule has 0 spiro atoms. The second-order valence-electron chi connectivity index (χ2n) is 6.32. The monoisotopic (exact) mass is 303 g/mol. The van der Waals surface area contributed by atoms with Crippen LogP contribution in [0.1, 0.15) is 20.8 Å². The van der Waals surface area contributed by atoms with Crippen molar-refractivity contribution in [3.8, 4) is 0 Å². The first kappa shape index (κ1) is 15.4. The molecular weight excluding hydrogens is 282 g/mol. The Morgan fingerprint density at radius 1 is 1.05 bits per heavy atom. The first-order valence-electron chi connectivity index (χ1n) is 6.92. The van der Waals surface area contributed by atoms with E-state index in [1.165, 1.54) is 0 Å². The number of carbonyl (C=O) groups excluding carboxylic acids is 2. The highest BCUT2D eigenvalue weighted by atomic mass is 35.5. The smallest absolute Gasteiger partial charge is 0.410 e. The van der Waals surface area contributed by atoms with Gasteiger partial charge in [0.2, 0.25) is 0 Å². The molecule has 0 aromatic rings. The third-order valence-corrected chi connectivity index (χ3v) is 3.83. The molecule has 6 nitrogen and oxygen atoms in total. The van der Waals surface area contributed by atoms with Gasteiger partial charge < -0.3 is 14.5 Å². The number of ether oxygens (including phenoxy) is 1. The van der Waals surface area contributed by atoms with E-state index in [1.807, 2.05) is 20.8 Å². The van der Waals surface area contributed by atoms with Crippen LogP contribution in [0.5, 0.6) is 0 Å². The van der Waals surface area contributed by atoms with E-state index in [1.54, 1.807) is 9.80 Å². The number of amides is 2. The SMILES string of the molecule is CC(C)(C)OC(=O)N1CC(N2CCN(C(=O)Cl)CC2)C1. The van der Waals surface area contributed by atoms with Crippen LogP contribution in [0.4, 0.5) is 9.59 Å². The summed E-state index contributed by atoms with van der Waals surface area (Å²) in [5, 5.41) is -0.381. The molecule has 114 valence electrons. The van der Waals surface area contributed by atoms with Crippen molar-refractivity contribution in [2.75, 3.05) is 39.3 Å². The van der Waals surface area contributed by atoms with E-state index in [0.717, 1.165) is 13.1 Å². The zero-order valence-electron chi connectivity index (χ0n) is 12.3. The van der Waals surface area contributed by atoms with Crippen molar-refractivity contribution in [1.29, 1.82) is 0 Å².